The summed E-state index contributed by atoms with van der Waals surface area (Å²) in [6.45, 7) is 0. The lowest BCUT2D eigenvalue weighted by molar-refractivity contribution is 0.662. The van der Waals surface area contributed by atoms with Crippen LogP contribution in [0.2, 0.25) is 0 Å². The molecule has 0 N–H and O–H groups in total. The summed E-state index contributed by atoms with van der Waals surface area (Å²) in [7, 11) is 0. The lowest BCUT2D eigenvalue weighted by Crippen LogP contribution is -2.57. The molecule has 2 aliphatic heterocycles. The van der Waals surface area contributed by atoms with Crippen molar-refractivity contribution in [3.63, 3.8) is 0 Å². The van der Waals surface area contributed by atoms with Crippen LogP contribution in [0, 0.1) is 0 Å². The lowest BCUT2D eigenvalue weighted by atomic mass is 9.91. The molecule has 1 aliphatic carbocycles. The molecule has 3 rings (SSSR count). The van der Waals surface area contributed by atoms with Gasteiger partial charge in [0.05, 0.1) is 10.1 Å². The summed E-state index contributed by atoms with van der Waals surface area (Å²) in [5, 5.41) is 1.34. The van der Waals surface area contributed by atoms with Gasteiger partial charge < -0.3 is 0 Å². The standard InChI is InChI=1S/C8H4Cl4S2/c9-4-3-1-13-5(4)6(10)8(12)7(3,11)2-14-8/h1-2H2. The van der Waals surface area contributed by atoms with Crippen molar-refractivity contribution in [1.29, 1.82) is 0 Å². The number of fused-ring (bicyclic) bond motifs is 3. The molecule has 0 saturated carbocycles. The minimum atomic E-state index is -0.664. The second kappa shape index (κ2) is 2.96. The fourth-order valence-electron chi connectivity index (χ4n) is 1.85. The van der Waals surface area contributed by atoms with Crippen molar-refractivity contribution in [2.45, 2.75) is 9.08 Å². The van der Waals surface area contributed by atoms with Gasteiger partial charge in [-0.25, -0.2) is 0 Å². The van der Waals surface area contributed by atoms with Crippen LogP contribution >= 0.6 is 69.9 Å². The molecule has 2 heterocycles. The Morgan fingerprint density at radius 1 is 1.21 bits per heavy atom. The minimum absolute atomic E-state index is 0.555. The predicted molar refractivity (Wildman–Crippen MR) is 67.8 cm³/mol. The van der Waals surface area contributed by atoms with Gasteiger partial charge in [0, 0.05) is 16.4 Å². The molecule has 0 aromatic heterocycles. The van der Waals surface area contributed by atoms with Crippen molar-refractivity contribution in [3.05, 3.63) is 20.5 Å². The van der Waals surface area contributed by atoms with E-state index in [0.717, 1.165) is 27.0 Å². The Hall–Kier alpha value is 1.34. The van der Waals surface area contributed by atoms with Crippen LogP contribution in [0.5, 0.6) is 0 Å². The van der Waals surface area contributed by atoms with Crippen LogP contribution < -0.4 is 0 Å². The molecule has 2 bridgehead atoms. The van der Waals surface area contributed by atoms with Gasteiger partial charge in [-0.3, -0.25) is 0 Å². The van der Waals surface area contributed by atoms with Gasteiger partial charge in [-0.15, -0.1) is 35.1 Å². The molecule has 0 radical (unpaired) electrons. The van der Waals surface area contributed by atoms with Gasteiger partial charge in [-0.1, -0.05) is 34.8 Å². The number of hydrogen-bond donors (Lipinski definition) is 0. The number of rotatable bonds is 0. The molecule has 76 valence electrons. The summed E-state index contributed by atoms with van der Waals surface area (Å²) >= 11 is 28.6. The first-order chi connectivity index (χ1) is 6.51. The van der Waals surface area contributed by atoms with E-state index in [9.17, 15) is 0 Å². The average Bonchev–Trinajstić information content (AvgIpc) is 2.52. The van der Waals surface area contributed by atoms with Crippen LogP contribution in [-0.4, -0.2) is 20.6 Å². The quantitative estimate of drug-likeness (QED) is 0.610. The molecule has 0 spiro atoms. The second-order valence-electron chi connectivity index (χ2n) is 3.41. The van der Waals surface area contributed by atoms with E-state index >= 15 is 0 Å². The van der Waals surface area contributed by atoms with E-state index < -0.39 is 9.08 Å². The third-order valence-corrected chi connectivity index (χ3v) is 8.60. The Bertz CT molecular complexity index is 402. The molecule has 2 atom stereocenters. The molecule has 3 aliphatic rings. The number of allylic oxidation sites excluding steroid dienone is 1. The molecule has 0 amide bonds. The summed E-state index contributed by atoms with van der Waals surface area (Å²) in [4.78, 5) is 0.363. The van der Waals surface area contributed by atoms with E-state index in [-0.39, 0.29) is 0 Å². The predicted octanol–water partition coefficient (Wildman–Crippen LogP) is 4.35. The van der Waals surface area contributed by atoms with Crippen LogP contribution in [0.25, 0.3) is 0 Å². The van der Waals surface area contributed by atoms with Crippen LogP contribution in [0.4, 0.5) is 0 Å². The third-order valence-electron chi connectivity index (χ3n) is 2.76. The highest BCUT2D eigenvalue weighted by Crippen LogP contribution is 2.71. The molecule has 0 nitrogen and oxygen atoms in total. The van der Waals surface area contributed by atoms with Gasteiger partial charge in [0.2, 0.25) is 0 Å². The Morgan fingerprint density at radius 3 is 2.50 bits per heavy atom. The molecule has 6 heteroatoms. The first-order valence-corrected chi connectivity index (χ1v) is 7.43. The molecular weight excluding hydrogens is 302 g/mol. The minimum Gasteiger partial charge on any atom is -0.129 e. The SMILES string of the molecule is ClC1=C2CSC1=C(Cl)C1(Cl)SCC21Cl. The highest BCUT2D eigenvalue weighted by molar-refractivity contribution is 8.05. The van der Waals surface area contributed by atoms with Gasteiger partial charge >= 0.3 is 0 Å². The molecule has 1 saturated heterocycles. The van der Waals surface area contributed by atoms with Crippen molar-refractivity contribution in [2.24, 2.45) is 0 Å². The zero-order chi connectivity index (χ0) is 10.1. The molecule has 2 unspecified atom stereocenters. The van der Waals surface area contributed by atoms with Crippen LogP contribution in [0.3, 0.4) is 0 Å². The maximum absolute atomic E-state index is 6.51. The second-order valence-corrected chi connectivity index (χ2v) is 7.78. The third kappa shape index (κ3) is 0.946. The summed E-state index contributed by atoms with van der Waals surface area (Å²) in [5.74, 6) is 1.61. The molecule has 1 fully saturated rings. The van der Waals surface area contributed by atoms with E-state index in [1.54, 1.807) is 23.5 Å². The van der Waals surface area contributed by atoms with Gasteiger partial charge in [-0.05, 0) is 5.57 Å². The van der Waals surface area contributed by atoms with Crippen LogP contribution in [0.15, 0.2) is 20.5 Å². The van der Waals surface area contributed by atoms with E-state index in [1.807, 2.05) is 0 Å². The number of alkyl halides is 2. The van der Waals surface area contributed by atoms with E-state index in [2.05, 4.69) is 0 Å². The Kier molecular flexibility index (Phi) is 2.22. The van der Waals surface area contributed by atoms with Crippen molar-refractivity contribution in [3.8, 4) is 0 Å². The molecule has 0 aromatic rings. The van der Waals surface area contributed by atoms with Crippen molar-refractivity contribution in [2.75, 3.05) is 11.5 Å². The summed E-state index contributed by atoms with van der Waals surface area (Å²) in [5.41, 5.74) is 1.05. The van der Waals surface area contributed by atoms with Gasteiger partial charge in [0.15, 0.2) is 4.21 Å². The molecule has 14 heavy (non-hydrogen) atoms. The van der Waals surface area contributed by atoms with Crippen LogP contribution in [0.1, 0.15) is 0 Å². The maximum atomic E-state index is 6.51. The van der Waals surface area contributed by atoms with E-state index in [1.165, 1.54) is 0 Å². The Morgan fingerprint density at radius 2 is 1.93 bits per heavy atom. The number of hydrogen-bond acceptors (Lipinski definition) is 2. The number of thioether (sulfide) groups is 2. The smallest absolute Gasteiger partial charge is 0.129 e. The van der Waals surface area contributed by atoms with Crippen molar-refractivity contribution >= 4 is 69.9 Å². The normalized spacial score (nSPS) is 45.4. The fourth-order valence-corrected chi connectivity index (χ4v) is 6.85. The zero-order valence-corrected chi connectivity index (χ0v) is 11.4. The summed E-state index contributed by atoms with van der Waals surface area (Å²) in [6, 6.07) is 0. The average molecular weight is 306 g/mol. The highest BCUT2D eigenvalue weighted by Gasteiger charge is 2.67. The molecular formula is C8H4Cl4S2. The lowest BCUT2D eigenvalue weighted by Gasteiger charge is -2.52. The summed E-state index contributed by atoms with van der Waals surface area (Å²) in [6.07, 6.45) is 0. The van der Waals surface area contributed by atoms with Gasteiger partial charge in [-0.2, -0.15) is 0 Å². The monoisotopic (exact) mass is 304 g/mol. The zero-order valence-electron chi connectivity index (χ0n) is 6.74. The highest BCUT2D eigenvalue weighted by atomic mass is 35.5. The van der Waals surface area contributed by atoms with Gasteiger partial charge in [0.25, 0.3) is 0 Å². The fraction of sp³-hybridized carbons (Fsp3) is 0.500. The van der Waals surface area contributed by atoms with Crippen molar-refractivity contribution < 1.29 is 0 Å². The van der Waals surface area contributed by atoms with Gasteiger partial charge in [0.1, 0.15) is 4.87 Å². The largest absolute Gasteiger partial charge is 0.150 e. The Balaban J connectivity index is 2.27. The first kappa shape index (κ1) is 10.5. The van der Waals surface area contributed by atoms with Crippen LogP contribution in [-0.2, 0) is 0 Å². The summed E-state index contributed by atoms with van der Waals surface area (Å²) < 4.78 is -0.664. The Labute approximate surface area is 110 Å². The molecule has 0 aromatic carbocycles. The van der Waals surface area contributed by atoms with E-state index in [4.69, 9.17) is 46.4 Å². The first-order valence-electron chi connectivity index (χ1n) is 3.95. The van der Waals surface area contributed by atoms with E-state index in [0.29, 0.717) is 5.03 Å². The number of halogens is 4. The maximum Gasteiger partial charge on any atom is 0.150 e. The topological polar surface area (TPSA) is 0 Å². The van der Waals surface area contributed by atoms with Crippen molar-refractivity contribution in [1.82, 2.24) is 0 Å².